The predicted molar refractivity (Wildman–Crippen MR) is 65.0 cm³/mol. The fraction of sp³-hybridized carbons (Fsp3) is 0.308. The van der Waals surface area contributed by atoms with Crippen LogP contribution >= 0.6 is 11.6 Å². The van der Waals surface area contributed by atoms with Crippen molar-refractivity contribution in [3.8, 4) is 0 Å². The number of carbonyl (C=O) groups is 1. The zero-order valence-corrected chi connectivity index (χ0v) is 9.63. The van der Waals surface area contributed by atoms with Crippen LogP contribution < -0.4 is 0 Å². The number of hydrogen-bond acceptors (Lipinski definition) is 1. The molecule has 0 saturated carbocycles. The standard InChI is InChI=1S/C13H15ClO/c1-2-3-4-13(15)10-7-11-5-8-12(14)9-6-11/h5-10H,2-4H2,1H3. The highest BCUT2D eigenvalue weighted by molar-refractivity contribution is 6.30. The summed E-state index contributed by atoms with van der Waals surface area (Å²) >= 11 is 5.75. The van der Waals surface area contributed by atoms with E-state index in [2.05, 4.69) is 6.92 Å². The Labute approximate surface area is 95.8 Å². The summed E-state index contributed by atoms with van der Waals surface area (Å²) in [5.74, 6) is 0.187. The van der Waals surface area contributed by atoms with Crippen LogP contribution in [0.1, 0.15) is 31.7 Å². The number of unbranched alkanes of at least 4 members (excludes halogenated alkanes) is 1. The summed E-state index contributed by atoms with van der Waals surface area (Å²) in [6.07, 6.45) is 6.12. The number of benzene rings is 1. The Hall–Kier alpha value is -1.08. The van der Waals surface area contributed by atoms with Crippen molar-refractivity contribution in [2.75, 3.05) is 0 Å². The zero-order valence-electron chi connectivity index (χ0n) is 8.87. The largest absolute Gasteiger partial charge is 0.295 e. The van der Waals surface area contributed by atoms with Gasteiger partial charge in [0.15, 0.2) is 5.78 Å². The van der Waals surface area contributed by atoms with Crippen molar-refractivity contribution in [3.63, 3.8) is 0 Å². The van der Waals surface area contributed by atoms with Crippen LogP contribution in [-0.2, 0) is 4.79 Å². The summed E-state index contributed by atoms with van der Waals surface area (Å²) in [5, 5.41) is 0.712. The first-order valence-corrected chi connectivity index (χ1v) is 5.56. The average molecular weight is 223 g/mol. The monoisotopic (exact) mass is 222 g/mol. The van der Waals surface area contributed by atoms with Crippen molar-refractivity contribution in [2.24, 2.45) is 0 Å². The lowest BCUT2D eigenvalue weighted by atomic mass is 10.1. The summed E-state index contributed by atoms with van der Waals surface area (Å²) in [7, 11) is 0. The summed E-state index contributed by atoms with van der Waals surface area (Å²) in [5.41, 5.74) is 1.00. The molecule has 0 heterocycles. The molecule has 0 N–H and O–H groups in total. The second-order valence-electron chi connectivity index (χ2n) is 3.45. The number of rotatable bonds is 5. The van der Waals surface area contributed by atoms with Crippen LogP contribution in [0.15, 0.2) is 30.3 Å². The predicted octanol–water partition coefficient (Wildman–Crippen LogP) is 4.11. The number of halogens is 1. The molecular formula is C13H15ClO. The summed E-state index contributed by atoms with van der Waals surface area (Å²) in [6, 6.07) is 7.42. The highest BCUT2D eigenvalue weighted by Gasteiger charge is 1.95. The third-order valence-electron chi connectivity index (χ3n) is 2.11. The van der Waals surface area contributed by atoms with Gasteiger partial charge in [0.1, 0.15) is 0 Å². The fourth-order valence-corrected chi connectivity index (χ4v) is 1.32. The van der Waals surface area contributed by atoms with Crippen LogP contribution in [0.25, 0.3) is 6.08 Å². The molecule has 1 nitrogen and oxygen atoms in total. The van der Waals surface area contributed by atoms with E-state index in [1.165, 1.54) is 0 Å². The first kappa shape index (κ1) is 12.0. The summed E-state index contributed by atoms with van der Waals surface area (Å²) in [6.45, 7) is 2.08. The van der Waals surface area contributed by atoms with Crippen LogP contribution in [-0.4, -0.2) is 5.78 Å². The van der Waals surface area contributed by atoms with Crippen LogP contribution in [0.4, 0.5) is 0 Å². The molecule has 1 aromatic rings. The molecule has 80 valence electrons. The van der Waals surface area contributed by atoms with Crippen molar-refractivity contribution < 1.29 is 4.79 Å². The Bertz CT molecular complexity index is 338. The zero-order chi connectivity index (χ0) is 11.1. The van der Waals surface area contributed by atoms with Crippen LogP contribution in [0.5, 0.6) is 0 Å². The Kier molecular flexibility index (Phi) is 5.13. The molecule has 0 amide bonds. The second-order valence-corrected chi connectivity index (χ2v) is 3.89. The smallest absolute Gasteiger partial charge is 0.155 e. The van der Waals surface area contributed by atoms with Gasteiger partial charge in [-0.15, -0.1) is 0 Å². The van der Waals surface area contributed by atoms with Crippen molar-refractivity contribution >= 4 is 23.5 Å². The van der Waals surface area contributed by atoms with E-state index >= 15 is 0 Å². The maximum absolute atomic E-state index is 11.3. The SMILES string of the molecule is CCCCC(=O)C=Cc1ccc(Cl)cc1. The van der Waals surface area contributed by atoms with Gasteiger partial charge in [0.2, 0.25) is 0 Å². The molecule has 0 radical (unpaired) electrons. The molecule has 0 atom stereocenters. The maximum atomic E-state index is 11.3. The first-order chi connectivity index (χ1) is 7.22. The van der Waals surface area contributed by atoms with Gasteiger partial charge in [-0.2, -0.15) is 0 Å². The molecule has 0 bridgehead atoms. The van der Waals surface area contributed by atoms with Crippen molar-refractivity contribution in [1.82, 2.24) is 0 Å². The second kappa shape index (κ2) is 6.41. The molecule has 0 spiro atoms. The Morgan fingerprint density at radius 1 is 1.33 bits per heavy atom. The van der Waals surface area contributed by atoms with Gasteiger partial charge in [-0.3, -0.25) is 4.79 Å². The van der Waals surface area contributed by atoms with E-state index in [-0.39, 0.29) is 5.78 Å². The molecule has 0 aliphatic heterocycles. The van der Waals surface area contributed by atoms with Crippen molar-refractivity contribution in [1.29, 1.82) is 0 Å². The minimum atomic E-state index is 0.187. The lowest BCUT2D eigenvalue weighted by Gasteiger charge is -1.94. The normalized spacial score (nSPS) is 10.8. The summed E-state index contributed by atoms with van der Waals surface area (Å²) in [4.78, 5) is 11.3. The molecule has 0 fully saturated rings. The Morgan fingerprint density at radius 3 is 2.60 bits per heavy atom. The molecule has 1 aromatic carbocycles. The third-order valence-corrected chi connectivity index (χ3v) is 2.36. The van der Waals surface area contributed by atoms with Gasteiger partial charge in [0.05, 0.1) is 0 Å². The minimum Gasteiger partial charge on any atom is -0.295 e. The molecule has 15 heavy (non-hydrogen) atoms. The van der Waals surface area contributed by atoms with E-state index in [1.54, 1.807) is 6.08 Å². The van der Waals surface area contributed by atoms with E-state index in [4.69, 9.17) is 11.6 Å². The van der Waals surface area contributed by atoms with Crippen LogP contribution in [0, 0.1) is 0 Å². The summed E-state index contributed by atoms with van der Waals surface area (Å²) < 4.78 is 0. The molecule has 1 rings (SSSR count). The van der Waals surface area contributed by atoms with E-state index in [0.29, 0.717) is 11.4 Å². The highest BCUT2D eigenvalue weighted by Crippen LogP contribution is 2.10. The quantitative estimate of drug-likeness (QED) is 0.686. The van der Waals surface area contributed by atoms with Gasteiger partial charge in [-0.1, -0.05) is 43.2 Å². The molecule has 2 heteroatoms. The average Bonchev–Trinajstić information content (AvgIpc) is 2.25. The highest BCUT2D eigenvalue weighted by atomic mass is 35.5. The third kappa shape index (κ3) is 4.80. The van der Waals surface area contributed by atoms with E-state index in [0.717, 1.165) is 18.4 Å². The van der Waals surface area contributed by atoms with Gasteiger partial charge in [0.25, 0.3) is 0 Å². The van der Waals surface area contributed by atoms with Crippen LogP contribution in [0.3, 0.4) is 0 Å². The Balaban J connectivity index is 2.50. The van der Waals surface area contributed by atoms with E-state index < -0.39 is 0 Å². The van der Waals surface area contributed by atoms with E-state index in [1.807, 2.05) is 30.3 Å². The lowest BCUT2D eigenvalue weighted by Crippen LogP contribution is -1.90. The maximum Gasteiger partial charge on any atom is 0.155 e. The van der Waals surface area contributed by atoms with Crippen molar-refractivity contribution in [3.05, 3.63) is 40.9 Å². The minimum absolute atomic E-state index is 0.187. The van der Waals surface area contributed by atoms with Crippen molar-refractivity contribution in [2.45, 2.75) is 26.2 Å². The van der Waals surface area contributed by atoms with Gasteiger partial charge in [0, 0.05) is 11.4 Å². The molecule has 0 aliphatic rings. The van der Waals surface area contributed by atoms with E-state index in [9.17, 15) is 4.79 Å². The topological polar surface area (TPSA) is 17.1 Å². The first-order valence-electron chi connectivity index (χ1n) is 5.19. The molecule has 0 unspecified atom stereocenters. The van der Waals surface area contributed by atoms with Gasteiger partial charge >= 0.3 is 0 Å². The Morgan fingerprint density at radius 2 is 2.00 bits per heavy atom. The number of carbonyl (C=O) groups excluding carboxylic acids is 1. The lowest BCUT2D eigenvalue weighted by molar-refractivity contribution is -0.114. The number of ketones is 1. The molecular weight excluding hydrogens is 208 g/mol. The molecule has 0 aromatic heterocycles. The molecule has 0 aliphatic carbocycles. The molecule has 0 saturated heterocycles. The van der Waals surface area contributed by atoms with Gasteiger partial charge in [-0.05, 0) is 30.2 Å². The van der Waals surface area contributed by atoms with Gasteiger partial charge in [-0.25, -0.2) is 0 Å². The number of hydrogen-bond donors (Lipinski definition) is 0. The fourth-order valence-electron chi connectivity index (χ4n) is 1.20. The van der Waals surface area contributed by atoms with Gasteiger partial charge < -0.3 is 0 Å². The van der Waals surface area contributed by atoms with Crippen LogP contribution in [0.2, 0.25) is 5.02 Å². The number of allylic oxidation sites excluding steroid dienone is 1.